The van der Waals surface area contributed by atoms with Crippen LogP contribution in [0.3, 0.4) is 0 Å². The first-order valence-electron chi connectivity index (χ1n) is 4.82. The van der Waals surface area contributed by atoms with Gasteiger partial charge in [-0.1, -0.05) is 19.9 Å². The van der Waals surface area contributed by atoms with Crippen LogP contribution in [0.25, 0.3) is 0 Å². The van der Waals surface area contributed by atoms with Crippen LogP contribution in [0.5, 0.6) is 0 Å². The van der Waals surface area contributed by atoms with Crippen LogP contribution < -0.4 is 5.30 Å². The minimum absolute atomic E-state index is 0.0741. The molecule has 0 bridgehead atoms. The molecular formula is C10H14NO4P. The van der Waals surface area contributed by atoms with E-state index in [-0.39, 0.29) is 11.6 Å². The standard InChI is InChI=1S/C10H14NO4P/c1-6(2)8-4-5-9(11(12)13)7(3)10(8)16(14)15/h4-6,14-15H,1-3H3. The van der Waals surface area contributed by atoms with E-state index in [0.717, 1.165) is 5.56 Å². The van der Waals surface area contributed by atoms with Gasteiger partial charge in [-0.3, -0.25) is 10.1 Å². The first-order valence-corrected chi connectivity index (χ1v) is 6.06. The zero-order valence-electron chi connectivity index (χ0n) is 9.34. The van der Waals surface area contributed by atoms with E-state index >= 15 is 0 Å². The Labute approximate surface area is 94.8 Å². The lowest BCUT2D eigenvalue weighted by molar-refractivity contribution is -0.385. The zero-order valence-corrected chi connectivity index (χ0v) is 10.2. The number of rotatable bonds is 3. The van der Waals surface area contributed by atoms with E-state index in [1.807, 2.05) is 13.8 Å². The topological polar surface area (TPSA) is 83.6 Å². The summed E-state index contributed by atoms with van der Waals surface area (Å²) in [6.07, 6.45) is 0. The van der Waals surface area contributed by atoms with Crippen LogP contribution in [-0.2, 0) is 0 Å². The molecule has 88 valence electrons. The van der Waals surface area contributed by atoms with E-state index in [0.29, 0.717) is 10.9 Å². The van der Waals surface area contributed by atoms with E-state index in [2.05, 4.69) is 0 Å². The highest BCUT2D eigenvalue weighted by molar-refractivity contribution is 7.54. The number of benzene rings is 1. The third kappa shape index (κ3) is 2.38. The fourth-order valence-corrected chi connectivity index (χ4v) is 2.62. The van der Waals surface area contributed by atoms with Crippen molar-refractivity contribution in [2.24, 2.45) is 0 Å². The van der Waals surface area contributed by atoms with Gasteiger partial charge in [-0.15, -0.1) is 0 Å². The van der Waals surface area contributed by atoms with Gasteiger partial charge in [0.15, 0.2) is 8.38 Å². The number of hydrogen-bond acceptors (Lipinski definition) is 4. The molecule has 2 N–H and O–H groups in total. The van der Waals surface area contributed by atoms with E-state index in [4.69, 9.17) is 0 Å². The van der Waals surface area contributed by atoms with Gasteiger partial charge in [0, 0.05) is 16.9 Å². The average Bonchev–Trinajstić information content (AvgIpc) is 2.15. The zero-order chi connectivity index (χ0) is 12.5. The van der Waals surface area contributed by atoms with Crippen molar-refractivity contribution in [1.82, 2.24) is 0 Å². The third-order valence-electron chi connectivity index (χ3n) is 2.45. The molecule has 5 nitrogen and oxygen atoms in total. The second kappa shape index (κ2) is 4.87. The van der Waals surface area contributed by atoms with Crippen molar-refractivity contribution in [3.05, 3.63) is 33.4 Å². The molecule has 0 saturated heterocycles. The molecule has 1 aromatic rings. The summed E-state index contributed by atoms with van der Waals surface area (Å²) < 4.78 is 0. The third-order valence-corrected chi connectivity index (χ3v) is 3.45. The summed E-state index contributed by atoms with van der Waals surface area (Å²) in [7, 11) is -2.32. The maximum atomic E-state index is 10.7. The largest absolute Gasteiger partial charge is 0.347 e. The highest BCUT2D eigenvalue weighted by Gasteiger charge is 2.22. The summed E-state index contributed by atoms with van der Waals surface area (Å²) in [5, 5.41) is 11.0. The summed E-state index contributed by atoms with van der Waals surface area (Å²) in [5.74, 6) is 0.0961. The average molecular weight is 243 g/mol. The highest BCUT2D eigenvalue weighted by atomic mass is 31.2. The molecule has 0 aliphatic heterocycles. The predicted molar refractivity (Wildman–Crippen MR) is 62.9 cm³/mol. The quantitative estimate of drug-likeness (QED) is 0.482. The molecule has 0 radical (unpaired) electrons. The molecule has 0 atom stereocenters. The van der Waals surface area contributed by atoms with Gasteiger partial charge in [0.2, 0.25) is 0 Å². The summed E-state index contributed by atoms with van der Waals surface area (Å²) in [5.41, 5.74) is 1.02. The van der Waals surface area contributed by atoms with Gasteiger partial charge in [-0.2, -0.15) is 0 Å². The van der Waals surface area contributed by atoms with Crippen LogP contribution in [0.4, 0.5) is 5.69 Å². The van der Waals surface area contributed by atoms with E-state index in [1.54, 1.807) is 13.0 Å². The Bertz CT molecular complexity index is 418. The van der Waals surface area contributed by atoms with Crippen molar-refractivity contribution in [1.29, 1.82) is 0 Å². The fraction of sp³-hybridized carbons (Fsp3) is 0.400. The Morgan fingerprint density at radius 2 is 1.94 bits per heavy atom. The maximum Gasteiger partial charge on any atom is 0.273 e. The van der Waals surface area contributed by atoms with Gasteiger partial charge in [-0.05, 0) is 18.4 Å². The molecule has 0 amide bonds. The molecule has 0 aliphatic rings. The van der Waals surface area contributed by atoms with Gasteiger partial charge < -0.3 is 9.79 Å². The SMILES string of the molecule is Cc1c([N+](=O)[O-])ccc(C(C)C)c1P(O)O. The minimum atomic E-state index is -2.32. The lowest BCUT2D eigenvalue weighted by Gasteiger charge is -2.15. The summed E-state index contributed by atoms with van der Waals surface area (Å²) in [6, 6.07) is 3.00. The van der Waals surface area contributed by atoms with Crippen LogP contribution >= 0.6 is 8.38 Å². The first-order chi connectivity index (χ1) is 7.36. The van der Waals surface area contributed by atoms with E-state index in [1.165, 1.54) is 6.07 Å². The van der Waals surface area contributed by atoms with Crippen molar-refractivity contribution in [2.45, 2.75) is 26.7 Å². The van der Waals surface area contributed by atoms with Crippen LogP contribution in [0.1, 0.15) is 30.9 Å². The second-order valence-corrected chi connectivity index (χ2v) is 4.87. The van der Waals surface area contributed by atoms with Crippen LogP contribution in [0.2, 0.25) is 0 Å². The molecule has 0 spiro atoms. The smallest absolute Gasteiger partial charge is 0.273 e. The summed E-state index contributed by atoms with van der Waals surface area (Å²) in [4.78, 5) is 28.9. The lowest BCUT2D eigenvalue weighted by atomic mass is 10.00. The Hall–Kier alpha value is -1.03. The van der Waals surface area contributed by atoms with E-state index in [9.17, 15) is 19.9 Å². The van der Waals surface area contributed by atoms with Gasteiger partial charge in [0.25, 0.3) is 5.69 Å². The van der Waals surface area contributed by atoms with Gasteiger partial charge in [0.05, 0.1) is 4.92 Å². The van der Waals surface area contributed by atoms with Crippen LogP contribution in [0, 0.1) is 17.0 Å². The normalized spacial score (nSPS) is 11.2. The van der Waals surface area contributed by atoms with Crippen molar-refractivity contribution in [3.63, 3.8) is 0 Å². The monoisotopic (exact) mass is 243 g/mol. The maximum absolute atomic E-state index is 10.7. The number of hydrogen-bond donors (Lipinski definition) is 2. The predicted octanol–water partition coefficient (Wildman–Crippen LogP) is 1.95. The molecule has 16 heavy (non-hydrogen) atoms. The van der Waals surface area contributed by atoms with Gasteiger partial charge >= 0.3 is 0 Å². The second-order valence-electron chi connectivity index (χ2n) is 3.85. The number of nitrogens with zero attached hydrogens (tertiary/aromatic N) is 1. The van der Waals surface area contributed by atoms with Crippen LogP contribution in [0.15, 0.2) is 12.1 Å². The molecule has 1 aromatic carbocycles. The van der Waals surface area contributed by atoms with Gasteiger partial charge in [-0.25, -0.2) is 0 Å². The van der Waals surface area contributed by atoms with Crippen molar-refractivity contribution in [2.75, 3.05) is 0 Å². The Kier molecular flexibility index (Phi) is 3.97. The summed E-state index contributed by atoms with van der Waals surface area (Å²) in [6.45, 7) is 5.35. The van der Waals surface area contributed by atoms with Crippen molar-refractivity contribution in [3.8, 4) is 0 Å². The molecule has 0 aromatic heterocycles. The molecule has 0 heterocycles. The lowest BCUT2D eigenvalue weighted by Crippen LogP contribution is -2.15. The van der Waals surface area contributed by atoms with Crippen molar-refractivity contribution >= 4 is 19.4 Å². The highest BCUT2D eigenvalue weighted by Crippen LogP contribution is 2.33. The van der Waals surface area contributed by atoms with Crippen molar-refractivity contribution < 1.29 is 14.7 Å². The molecule has 1 rings (SSSR count). The molecule has 0 fully saturated rings. The van der Waals surface area contributed by atoms with E-state index < -0.39 is 13.3 Å². The summed E-state index contributed by atoms with van der Waals surface area (Å²) >= 11 is 0. The molecule has 0 aliphatic carbocycles. The molecular weight excluding hydrogens is 229 g/mol. The first kappa shape index (κ1) is 13.0. The van der Waals surface area contributed by atoms with Crippen LogP contribution in [-0.4, -0.2) is 14.7 Å². The Balaban J connectivity index is 3.48. The minimum Gasteiger partial charge on any atom is -0.347 e. The Morgan fingerprint density at radius 1 is 1.38 bits per heavy atom. The molecule has 6 heteroatoms. The Morgan fingerprint density at radius 3 is 2.31 bits per heavy atom. The fourth-order valence-electron chi connectivity index (χ4n) is 1.64. The molecule has 0 unspecified atom stereocenters. The molecule has 0 saturated carbocycles. The van der Waals surface area contributed by atoms with Gasteiger partial charge in [0.1, 0.15) is 0 Å². The number of nitro groups is 1. The number of nitro benzene ring substituents is 1.